The number of nitrogens with zero attached hydrogens (tertiary/aromatic N) is 1. The van der Waals surface area contributed by atoms with Crippen LogP contribution in [0, 0.1) is 0 Å². The van der Waals surface area contributed by atoms with Crippen molar-refractivity contribution in [3.05, 3.63) is 258 Å². The van der Waals surface area contributed by atoms with Crippen molar-refractivity contribution in [3.8, 4) is 44.5 Å². The SMILES string of the molecule is CC(C)(C)c1ccc2c(c1)C1(c3ccccc3-c3ccc(N(c4ccc(-c5cccc6ccccc56)cc4)c4cccc5c4sc4c(-c6ccccc6)cc6ccccc6c45)cc31)c1cc(C(C)(C)C)ccc1-2. The maximum Gasteiger partial charge on any atom is 0.0726 e. The number of hydrogen-bond donors (Lipinski definition) is 0. The molecule has 0 aliphatic heterocycles. The van der Waals surface area contributed by atoms with Crippen molar-refractivity contribution in [1.82, 2.24) is 0 Å². The van der Waals surface area contributed by atoms with Gasteiger partial charge in [0.25, 0.3) is 0 Å². The molecule has 1 heterocycles. The van der Waals surface area contributed by atoms with Crippen LogP contribution in [-0.4, -0.2) is 0 Å². The van der Waals surface area contributed by atoms with Crippen LogP contribution >= 0.6 is 11.3 Å². The van der Waals surface area contributed by atoms with E-state index in [1.807, 2.05) is 11.3 Å². The normalized spacial score (nSPS) is 13.5. The molecule has 1 nitrogen and oxygen atoms in total. The Balaban J connectivity index is 1.06. The number of fused-ring (bicyclic) bond motifs is 16. The van der Waals surface area contributed by atoms with E-state index in [4.69, 9.17) is 0 Å². The summed E-state index contributed by atoms with van der Waals surface area (Å²) in [7, 11) is 0. The van der Waals surface area contributed by atoms with Crippen molar-refractivity contribution in [2.24, 2.45) is 0 Å². The van der Waals surface area contributed by atoms with Gasteiger partial charge in [-0.05, 0) is 141 Å². The third kappa shape index (κ3) is 6.53. The Morgan fingerprint density at radius 2 is 0.863 bits per heavy atom. The number of thiophene rings is 1. The van der Waals surface area contributed by atoms with E-state index in [0.717, 1.165) is 11.4 Å². The van der Waals surface area contributed by atoms with Crippen LogP contribution in [0.2, 0.25) is 0 Å². The molecule has 0 N–H and O–H groups in total. The summed E-state index contributed by atoms with van der Waals surface area (Å²) in [4.78, 5) is 2.56. The maximum atomic E-state index is 2.57. The molecule has 2 aliphatic carbocycles. The molecule has 2 heteroatoms. The summed E-state index contributed by atoms with van der Waals surface area (Å²) in [6.45, 7) is 14.1. The molecule has 1 aromatic heterocycles. The van der Waals surface area contributed by atoms with E-state index in [2.05, 4.69) is 271 Å². The van der Waals surface area contributed by atoms with Gasteiger partial charge in [-0.3, -0.25) is 0 Å². The Morgan fingerprint density at radius 3 is 1.58 bits per heavy atom. The minimum atomic E-state index is -0.536. The van der Waals surface area contributed by atoms with Gasteiger partial charge in [-0.1, -0.05) is 230 Å². The second-order valence-corrected chi connectivity index (χ2v) is 23.4. The molecule has 12 aromatic rings. The molecule has 0 radical (unpaired) electrons. The van der Waals surface area contributed by atoms with Gasteiger partial charge in [-0.2, -0.15) is 0 Å². The molecule has 0 atom stereocenters. The highest BCUT2D eigenvalue weighted by Gasteiger charge is 2.52. The second-order valence-electron chi connectivity index (χ2n) is 22.4. The Hall–Kier alpha value is -8.04. The summed E-state index contributed by atoms with van der Waals surface area (Å²) >= 11 is 1.93. The third-order valence-corrected chi connectivity index (χ3v) is 17.4. The molecular weight excluding hydrogens is 899 g/mol. The molecule has 1 spiro atoms. The molecule has 73 heavy (non-hydrogen) atoms. The first-order valence-corrected chi connectivity index (χ1v) is 26.6. The van der Waals surface area contributed by atoms with Crippen LogP contribution in [-0.2, 0) is 16.2 Å². The second kappa shape index (κ2) is 16.0. The van der Waals surface area contributed by atoms with Crippen molar-refractivity contribution in [1.29, 1.82) is 0 Å². The van der Waals surface area contributed by atoms with E-state index >= 15 is 0 Å². The highest BCUT2D eigenvalue weighted by Crippen LogP contribution is 2.64. The summed E-state index contributed by atoms with van der Waals surface area (Å²) in [5.74, 6) is 0. The minimum absolute atomic E-state index is 0.0337. The lowest BCUT2D eigenvalue weighted by Gasteiger charge is -2.34. The Morgan fingerprint density at radius 1 is 0.342 bits per heavy atom. The predicted molar refractivity (Wildman–Crippen MR) is 314 cm³/mol. The number of rotatable bonds is 5. The van der Waals surface area contributed by atoms with E-state index < -0.39 is 5.41 Å². The highest BCUT2D eigenvalue weighted by molar-refractivity contribution is 7.27. The molecular formula is C71H55NS. The van der Waals surface area contributed by atoms with E-state index in [-0.39, 0.29) is 10.8 Å². The lowest BCUT2D eigenvalue weighted by atomic mass is 9.68. The molecule has 0 saturated heterocycles. The number of hydrogen-bond acceptors (Lipinski definition) is 2. The van der Waals surface area contributed by atoms with E-state index in [1.54, 1.807) is 0 Å². The lowest BCUT2D eigenvalue weighted by Crippen LogP contribution is -2.27. The quantitative estimate of drug-likeness (QED) is 0.166. The monoisotopic (exact) mass is 953 g/mol. The molecule has 2 aliphatic rings. The smallest absolute Gasteiger partial charge is 0.0726 e. The van der Waals surface area contributed by atoms with E-state index in [0.29, 0.717) is 0 Å². The summed E-state index contributed by atoms with van der Waals surface area (Å²) < 4.78 is 2.58. The zero-order chi connectivity index (χ0) is 49.4. The van der Waals surface area contributed by atoms with Crippen molar-refractivity contribution < 1.29 is 0 Å². The average molecular weight is 954 g/mol. The third-order valence-electron chi connectivity index (χ3n) is 16.2. The van der Waals surface area contributed by atoms with Crippen LogP contribution in [0.25, 0.3) is 86.2 Å². The van der Waals surface area contributed by atoms with Crippen LogP contribution in [0.15, 0.2) is 224 Å². The zero-order valence-electron chi connectivity index (χ0n) is 42.2. The molecule has 0 amide bonds. The Kier molecular flexibility index (Phi) is 9.57. The van der Waals surface area contributed by atoms with Gasteiger partial charge in [-0.15, -0.1) is 11.3 Å². The van der Waals surface area contributed by atoms with Crippen molar-refractivity contribution in [2.75, 3.05) is 4.90 Å². The molecule has 0 unspecified atom stereocenters. The van der Waals surface area contributed by atoms with Crippen LogP contribution in [0.5, 0.6) is 0 Å². The fraction of sp³-hybridized carbons (Fsp3) is 0.127. The minimum Gasteiger partial charge on any atom is -0.309 e. The fourth-order valence-corrected chi connectivity index (χ4v) is 13.9. The molecule has 350 valence electrons. The van der Waals surface area contributed by atoms with Gasteiger partial charge < -0.3 is 4.90 Å². The van der Waals surface area contributed by atoms with Gasteiger partial charge in [0, 0.05) is 32.4 Å². The van der Waals surface area contributed by atoms with Gasteiger partial charge in [0.2, 0.25) is 0 Å². The van der Waals surface area contributed by atoms with Crippen molar-refractivity contribution in [3.63, 3.8) is 0 Å². The van der Waals surface area contributed by atoms with E-state index in [1.165, 1.54) is 125 Å². The number of anilines is 3. The van der Waals surface area contributed by atoms with Gasteiger partial charge in [-0.25, -0.2) is 0 Å². The molecule has 0 bridgehead atoms. The first-order valence-electron chi connectivity index (χ1n) is 25.8. The van der Waals surface area contributed by atoms with Crippen molar-refractivity contribution >= 4 is 70.1 Å². The van der Waals surface area contributed by atoms with Crippen LogP contribution in [0.3, 0.4) is 0 Å². The molecule has 0 saturated carbocycles. The fourth-order valence-electron chi connectivity index (χ4n) is 12.6. The van der Waals surface area contributed by atoms with Gasteiger partial charge >= 0.3 is 0 Å². The Labute approximate surface area is 432 Å². The van der Waals surface area contributed by atoms with E-state index in [9.17, 15) is 0 Å². The molecule has 14 rings (SSSR count). The van der Waals surface area contributed by atoms with Crippen molar-refractivity contribution in [2.45, 2.75) is 57.8 Å². The largest absolute Gasteiger partial charge is 0.309 e. The topological polar surface area (TPSA) is 3.24 Å². The highest BCUT2D eigenvalue weighted by atomic mass is 32.1. The van der Waals surface area contributed by atoms with Gasteiger partial charge in [0.15, 0.2) is 0 Å². The molecule has 11 aromatic carbocycles. The average Bonchev–Trinajstić information content (AvgIpc) is 4.06. The van der Waals surface area contributed by atoms with Gasteiger partial charge in [0.05, 0.1) is 15.8 Å². The first-order chi connectivity index (χ1) is 35.5. The standard InChI is InChI=1S/C71H55NS/c1-69(2,3)48-32-37-56-57-38-33-49(70(4,5)6)42-63(57)71(62(56)41-48)61-28-15-14-25-55(61)58-39-36-51(43-64(58)71)72(50-34-30-46(31-35-50)53-26-16-22-44-20-10-12-23-52(44)53)65-29-17-27-59-66-54-24-13-11-21-47(54)40-60(68(66)73-67(59)65)45-18-8-7-9-19-45/h7-43H,1-6H3. The predicted octanol–water partition coefficient (Wildman–Crippen LogP) is 20.1. The summed E-state index contributed by atoms with van der Waals surface area (Å²) in [6.07, 6.45) is 0. The van der Waals surface area contributed by atoms with Crippen LogP contribution < -0.4 is 4.90 Å². The molecule has 0 fully saturated rings. The lowest BCUT2D eigenvalue weighted by molar-refractivity contribution is 0.586. The van der Waals surface area contributed by atoms with Crippen LogP contribution in [0.1, 0.15) is 74.9 Å². The summed E-state index contributed by atoms with van der Waals surface area (Å²) in [5.41, 5.74) is 21.2. The maximum absolute atomic E-state index is 2.57. The number of benzene rings is 11. The zero-order valence-corrected chi connectivity index (χ0v) is 43.0. The van der Waals surface area contributed by atoms with Crippen LogP contribution in [0.4, 0.5) is 17.1 Å². The summed E-state index contributed by atoms with van der Waals surface area (Å²) in [6, 6.07) is 85.3. The Bertz CT molecular complexity index is 4150. The summed E-state index contributed by atoms with van der Waals surface area (Å²) in [5, 5.41) is 7.64. The van der Waals surface area contributed by atoms with Gasteiger partial charge in [0.1, 0.15) is 0 Å². The first kappa shape index (κ1) is 43.7.